The maximum atomic E-state index is 14.0. The molecule has 11 heteroatoms. The maximum Gasteiger partial charge on any atom is 0.264 e. The molecule has 2 atom stereocenters. The molecule has 0 aliphatic heterocycles. The Hall–Kier alpha value is -3.27. The number of benzene rings is 3. The van der Waals surface area contributed by atoms with Gasteiger partial charge in [0.15, 0.2) is 0 Å². The number of nitrogens with one attached hydrogen (secondary N) is 1. The van der Waals surface area contributed by atoms with Crippen LogP contribution in [0.5, 0.6) is 5.75 Å². The van der Waals surface area contributed by atoms with E-state index in [2.05, 4.69) is 5.32 Å². The highest BCUT2D eigenvalue weighted by molar-refractivity contribution is 7.92. The number of rotatable bonds is 12. The molecule has 0 radical (unpaired) electrons. The van der Waals surface area contributed by atoms with Gasteiger partial charge in [0.05, 0.1) is 22.7 Å². The van der Waals surface area contributed by atoms with Crippen molar-refractivity contribution < 1.29 is 22.7 Å². The molecule has 0 fully saturated rings. The second-order valence-corrected chi connectivity index (χ2v) is 12.5. The minimum atomic E-state index is -4.26. The second-order valence-electron chi connectivity index (χ2n) is 9.78. The normalized spacial score (nSPS) is 12.8. The molecule has 3 aromatic carbocycles. The summed E-state index contributed by atoms with van der Waals surface area (Å²) in [5, 5.41) is 3.26. The summed E-state index contributed by atoms with van der Waals surface area (Å²) < 4.78 is 34.1. The fourth-order valence-corrected chi connectivity index (χ4v) is 5.86. The lowest BCUT2D eigenvalue weighted by molar-refractivity contribution is -0.139. The summed E-state index contributed by atoms with van der Waals surface area (Å²) in [7, 11) is -2.71. The van der Waals surface area contributed by atoms with Gasteiger partial charge in [-0.15, -0.1) is 0 Å². The van der Waals surface area contributed by atoms with Gasteiger partial charge in [-0.25, -0.2) is 8.42 Å². The molecule has 3 aromatic rings. The molecule has 1 N–H and O–H groups in total. The van der Waals surface area contributed by atoms with E-state index < -0.39 is 28.5 Å². The zero-order chi connectivity index (χ0) is 30.3. The number of carbonyl (C=O) groups excluding carboxylic acids is 2. The quantitative estimate of drug-likeness (QED) is 0.275. The van der Waals surface area contributed by atoms with E-state index in [1.807, 2.05) is 20.8 Å². The van der Waals surface area contributed by atoms with Gasteiger partial charge in [0.25, 0.3) is 10.0 Å². The summed E-state index contributed by atoms with van der Waals surface area (Å²) in [6, 6.07) is 16.7. The van der Waals surface area contributed by atoms with Gasteiger partial charge in [-0.05, 0) is 75.2 Å². The van der Waals surface area contributed by atoms with Crippen LogP contribution in [0, 0.1) is 6.92 Å². The molecule has 8 nitrogen and oxygen atoms in total. The zero-order valence-electron chi connectivity index (χ0n) is 23.7. The van der Waals surface area contributed by atoms with E-state index in [1.54, 1.807) is 50.4 Å². The van der Waals surface area contributed by atoms with Gasteiger partial charge in [0.2, 0.25) is 11.8 Å². The van der Waals surface area contributed by atoms with Crippen molar-refractivity contribution in [2.45, 2.75) is 57.6 Å². The highest BCUT2D eigenvalue weighted by Gasteiger charge is 2.33. The fourth-order valence-electron chi connectivity index (χ4n) is 4.00. The highest BCUT2D eigenvalue weighted by Crippen LogP contribution is 2.33. The van der Waals surface area contributed by atoms with Crippen LogP contribution in [0.15, 0.2) is 71.6 Å². The molecule has 220 valence electrons. The molecule has 0 spiro atoms. The van der Waals surface area contributed by atoms with Gasteiger partial charge in [0, 0.05) is 17.6 Å². The van der Waals surface area contributed by atoms with E-state index in [-0.39, 0.29) is 39.1 Å². The van der Waals surface area contributed by atoms with Crippen molar-refractivity contribution >= 4 is 50.7 Å². The van der Waals surface area contributed by atoms with E-state index in [0.717, 1.165) is 15.4 Å². The number of halogens is 2. The Bertz CT molecular complexity index is 1460. The van der Waals surface area contributed by atoms with Gasteiger partial charge in [-0.1, -0.05) is 60.0 Å². The van der Waals surface area contributed by atoms with Gasteiger partial charge in [0.1, 0.15) is 18.3 Å². The van der Waals surface area contributed by atoms with Crippen LogP contribution < -0.4 is 14.4 Å². The van der Waals surface area contributed by atoms with Crippen LogP contribution in [0.3, 0.4) is 0 Å². The smallest absolute Gasteiger partial charge is 0.264 e. The largest absolute Gasteiger partial charge is 0.497 e. The predicted molar refractivity (Wildman–Crippen MR) is 163 cm³/mol. The SMILES string of the molecule is CC[C@@H](C)NC(=O)[C@H](C)N(Cc1ccc(OC)cc1)C(=O)CN(c1cc(Cl)ccc1Cl)S(=O)(=O)c1ccc(C)cc1. The molecular weight excluding hydrogens is 585 g/mol. The van der Waals surface area contributed by atoms with E-state index in [1.165, 1.54) is 35.2 Å². The van der Waals surface area contributed by atoms with Crippen molar-refractivity contribution in [3.05, 3.63) is 87.9 Å². The molecule has 0 aliphatic rings. The molecule has 0 bridgehead atoms. The average Bonchev–Trinajstić information content (AvgIpc) is 2.95. The number of nitrogens with zero attached hydrogens (tertiary/aromatic N) is 2. The van der Waals surface area contributed by atoms with E-state index in [0.29, 0.717) is 12.2 Å². The first kappa shape index (κ1) is 32.2. The van der Waals surface area contributed by atoms with Crippen molar-refractivity contribution in [2.24, 2.45) is 0 Å². The summed E-state index contributed by atoms with van der Waals surface area (Å²) in [6.07, 6.45) is 0.709. The van der Waals surface area contributed by atoms with Gasteiger partial charge in [-0.2, -0.15) is 0 Å². The predicted octanol–water partition coefficient (Wildman–Crippen LogP) is 5.84. The number of anilines is 1. The first-order valence-electron chi connectivity index (χ1n) is 13.1. The van der Waals surface area contributed by atoms with Crippen LogP contribution >= 0.6 is 23.2 Å². The summed E-state index contributed by atoms with van der Waals surface area (Å²) in [4.78, 5) is 28.5. The number of sulfonamides is 1. The molecule has 0 unspecified atom stereocenters. The lowest BCUT2D eigenvalue weighted by Gasteiger charge is -2.32. The summed E-state index contributed by atoms with van der Waals surface area (Å²) in [5.74, 6) is -0.311. The number of carbonyl (C=O) groups is 2. The summed E-state index contributed by atoms with van der Waals surface area (Å²) >= 11 is 12.7. The Kier molecular flexibility index (Phi) is 11.1. The van der Waals surface area contributed by atoms with Crippen molar-refractivity contribution in [2.75, 3.05) is 18.0 Å². The fraction of sp³-hybridized carbons (Fsp3) is 0.333. The molecule has 0 saturated carbocycles. The lowest BCUT2D eigenvalue weighted by atomic mass is 10.1. The Morgan fingerprint density at radius 2 is 1.61 bits per heavy atom. The van der Waals surface area contributed by atoms with Crippen LogP contribution in [0.25, 0.3) is 0 Å². The summed E-state index contributed by atoms with van der Waals surface area (Å²) in [6.45, 7) is 6.71. The van der Waals surface area contributed by atoms with E-state index in [4.69, 9.17) is 27.9 Å². The first-order valence-corrected chi connectivity index (χ1v) is 15.3. The standard InChI is InChI=1S/C30H35Cl2N3O5S/c1-6-21(3)33-30(37)22(4)34(18-23-9-12-25(40-5)13-10-23)29(36)19-35(28-17-24(31)11-16-27(28)32)41(38,39)26-14-7-20(2)8-15-26/h7-17,21-22H,6,18-19H2,1-5H3,(H,33,37)/t21-,22+/m1/s1. The van der Waals surface area contributed by atoms with Gasteiger partial charge >= 0.3 is 0 Å². The minimum Gasteiger partial charge on any atom is -0.497 e. The Morgan fingerprint density at radius 3 is 2.20 bits per heavy atom. The topological polar surface area (TPSA) is 96.0 Å². The first-order chi connectivity index (χ1) is 19.4. The molecule has 0 saturated heterocycles. The van der Waals surface area contributed by atoms with Crippen LogP contribution in [-0.4, -0.2) is 50.9 Å². The number of amides is 2. The Morgan fingerprint density at radius 1 is 0.976 bits per heavy atom. The molecule has 0 aromatic heterocycles. The van der Waals surface area contributed by atoms with Crippen LogP contribution in [0.2, 0.25) is 10.0 Å². The third-order valence-corrected chi connectivity index (χ3v) is 9.07. The number of methoxy groups -OCH3 is 1. The Labute approximate surface area is 252 Å². The van der Waals surface area contributed by atoms with Crippen molar-refractivity contribution in [3.63, 3.8) is 0 Å². The van der Waals surface area contributed by atoms with Gasteiger partial charge < -0.3 is 15.0 Å². The third-order valence-electron chi connectivity index (χ3n) is 6.75. The average molecular weight is 621 g/mol. The highest BCUT2D eigenvalue weighted by atomic mass is 35.5. The lowest BCUT2D eigenvalue weighted by Crippen LogP contribution is -2.52. The maximum absolute atomic E-state index is 14.0. The van der Waals surface area contributed by atoms with Gasteiger partial charge in [-0.3, -0.25) is 13.9 Å². The van der Waals surface area contributed by atoms with E-state index in [9.17, 15) is 18.0 Å². The van der Waals surface area contributed by atoms with Crippen molar-refractivity contribution in [3.8, 4) is 5.75 Å². The van der Waals surface area contributed by atoms with Crippen molar-refractivity contribution in [1.29, 1.82) is 0 Å². The number of hydrogen-bond acceptors (Lipinski definition) is 5. The Balaban J connectivity index is 2.06. The van der Waals surface area contributed by atoms with Crippen LogP contribution in [0.4, 0.5) is 5.69 Å². The molecule has 3 rings (SSSR count). The van der Waals surface area contributed by atoms with Crippen LogP contribution in [-0.2, 0) is 26.2 Å². The molecule has 41 heavy (non-hydrogen) atoms. The molecule has 0 aliphatic carbocycles. The minimum absolute atomic E-state index is 0.0174. The van der Waals surface area contributed by atoms with Crippen molar-refractivity contribution in [1.82, 2.24) is 10.2 Å². The molecule has 2 amide bonds. The van der Waals surface area contributed by atoms with E-state index >= 15 is 0 Å². The molecule has 0 heterocycles. The summed E-state index contributed by atoms with van der Waals surface area (Å²) in [5.41, 5.74) is 1.66. The second kappa shape index (κ2) is 14.1. The number of aryl methyl sites for hydroxylation is 1. The monoisotopic (exact) mass is 619 g/mol. The number of hydrogen-bond donors (Lipinski definition) is 1. The van der Waals surface area contributed by atoms with Crippen LogP contribution in [0.1, 0.15) is 38.3 Å². The molecular formula is C30H35Cl2N3O5S. The third kappa shape index (κ3) is 8.15. The zero-order valence-corrected chi connectivity index (χ0v) is 26.1. The number of ether oxygens (including phenoxy) is 1.